The quantitative estimate of drug-likeness (QED) is 0.353. The number of anilines is 2. The van der Waals surface area contributed by atoms with Gasteiger partial charge in [-0.05, 0) is 37.1 Å². The highest BCUT2D eigenvalue weighted by Crippen LogP contribution is 2.37. The molecule has 41 heavy (non-hydrogen) atoms. The number of likely N-dealkylation sites (N-methyl/N-ethyl adjacent to an activating group) is 1. The van der Waals surface area contributed by atoms with Crippen molar-refractivity contribution in [3.63, 3.8) is 0 Å². The van der Waals surface area contributed by atoms with Gasteiger partial charge in [-0.3, -0.25) is 9.69 Å². The molecule has 4 heterocycles. The number of aromatic nitrogens is 3. The molecule has 0 radical (unpaired) electrons. The molecule has 2 aromatic carbocycles. The number of benzene rings is 2. The summed E-state index contributed by atoms with van der Waals surface area (Å²) < 4.78 is 11.5. The first-order chi connectivity index (χ1) is 19.9. The summed E-state index contributed by atoms with van der Waals surface area (Å²) in [6.45, 7) is 9.37. The van der Waals surface area contributed by atoms with Crippen molar-refractivity contribution in [2.24, 2.45) is 0 Å². The molecule has 2 aliphatic heterocycles. The number of carbonyl (C=O) groups excluding carboxylic acids is 1. The number of nitrogens with zero attached hydrogens (tertiary/aromatic N) is 7. The molecule has 0 spiro atoms. The monoisotopic (exact) mass is 555 g/mol. The summed E-state index contributed by atoms with van der Waals surface area (Å²) in [6.07, 6.45) is 0. The van der Waals surface area contributed by atoms with Gasteiger partial charge in [-0.25, -0.2) is 4.98 Å². The molecule has 214 valence electrons. The second-order valence-electron chi connectivity index (χ2n) is 11.0. The van der Waals surface area contributed by atoms with Crippen LogP contribution in [0.3, 0.4) is 0 Å². The van der Waals surface area contributed by atoms with Gasteiger partial charge in [0.1, 0.15) is 11.6 Å². The van der Waals surface area contributed by atoms with Gasteiger partial charge in [0.2, 0.25) is 11.9 Å². The van der Waals surface area contributed by atoms with Crippen molar-refractivity contribution in [3.05, 3.63) is 65.5 Å². The van der Waals surface area contributed by atoms with Gasteiger partial charge in [0.05, 0.1) is 37.0 Å². The van der Waals surface area contributed by atoms with E-state index in [0.29, 0.717) is 19.8 Å². The Morgan fingerprint density at radius 3 is 2.49 bits per heavy atom. The molecular weight excluding hydrogens is 518 g/mol. The van der Waals surface area contributed by atoms with E-state index in [9.17, 15) is 4.79 Å². The minimum atomic E-state index is 0.0347. The van der Waals surface area contributed by atoms with Crippen molar-refractivity contribution in [3.8, 4) is 11.1 Å². The maximum atomic E-state index is 12.3. The molecule has 1 amide bonds. The van der Waals surface area contributed by atoms with E-state index < -0.39 is 0 Å². The zero-order chi connectivity index (χ0) is 28.5. The summed E-state index contributed by atoms with van der Waals surface area (Å²) in [5.74, 6) is 2.53. The third kappa shape index (κ3) is 5.49. The molecule has 2 aromatic heterocycles. The largest absolute Gasteiger partial charge is 0.377 e. The Balaban J connectivity index is 1.40. The van der Waals surface area contributed by atoms with Crippen LogP contribution in [0.1, 0.15) is 23.1 Å². The summed E-state index contributed by atoms with van der Waals surface area (Å²) in [5, 5.41) is 5.17. The first kappa shape index (κ1) is 27.2. The molecule has 10 heteroatoms. The summed E-state index contributed by atoms with van der Waals surface area (Å²) in [6, 6.07) is 16.9. The van der Waals surface area contributed by atoms with E-state index >= 15 is 0 Å². The zero-order valence-corrected chi connectivity index (χ0v) is 24.2. The number of rotatable bonds is 6. The molecule has 6 rings (SSSR count). The van der Waals surface area contributed by atoms with Crippen LogP contribution in [-0.4, -0.2) is 97.4 Å². The van der Waals surface area contributed by atoms with Gasteiger partial charge < -0.3 is 24.0 Å². The van der Waals surface area contributed by atoms with Crippen LogP contribution in [0.5, 0.6) is 0 Å². The smallest absolute Gasteiger partial charge is 0.236 e. The van der Waals surface area contributed by atoms with Crippen LogP contribution < -0.4 is 9.80 Å². The number of carbonyl (C=O) groups is 1. The average Bonchev–Trinajstić information content (AvgIpc) is 3.34. The topological polar surface area (TPSA) is 91.1 Å². The van der Waals surface area contributed by atoms with E-state index in [4.69, 9.17) is 19.2 Å². The number of piperazine rings is 1. The number of hydrogen-bond donors (Lipinski definition) is 0. The number of amides is 1. The zero-order valence-electron chi connectivity index (χ0n) is 24.2. The van der Waals surface area contributed by atoms with Crippen LogP contribution in [0.4, 0.5) is 11.8 Å². The Kier molecular flexibility index (Phi) is 7.59. The molecule has 0 saturated carbocycles. The van der Waals surface area contributed by atoms with Gasteiger partial charge in [0.15, 0.2) is 0 Å². The van der Waals surface area contributed by atoms with Crippen LogP contribution in [0, 0.1) is 13.8 Å². The van der Waals surface area contributed by atoms with Crippen molar-refractivity contribution in [1.82, 2.24) is 24.9 Å². The van der Waals surface area contributed by atoms with Crippen molar-refractivity contribution in [2.75, 3.05) is 76.4 Å². The lowest BCUT2D eigenvalue weighted by molar-refractivity contribution is -0.129. The Morgan fingerprint density at radius 1 is 1.00 bits per heavy atom. The summed E-state index contributed by atoms with van der Waals surface area (Å²) in [5.41, 5.74) is 4.99. The molecule has 10 nitrogen and oxygen atoms in total. The fourth-order valence-corrected chi connectivity index (χ4v) is 5.76. The Labute approximate surface area is 240 Å². The molecule has 0 bridgehead atoms. The number of morpholine rings is 1. The first-order valence-electron chi connectivity index (χ1n) is 14.2. The molecule has 2 saturated heterocycles. The Hall–Kier alpha value is -4.02. The van der Waals surface area contributed by atoms with Gasteiger partial charge in [-0.2, -0.15) is 4.98 Å². The minimum absolute atomic E-state index is 0.0347. The predicted molar refractivity (Wildman–Crippen MR) is 159 cm³/mol. The third-order valence-corrected chi connectivity index (χ3v) is 8.08. The van der Waals surface area contributed by atoms with Crippen molar-refractivity contribution < 1.29 is 14.1 Å². The van der Waals surface area contributed by atoms with Crippen molar-refractivity contribution in [1.29, 1.82) is 0 Å². The molecule has 0 aliphatic carbocycles. The second kappa shape index (κ2) is 11.5. The van der Waals surface area contributed by atoms with Crippen LogP contribution in [0.15, 0.2) is 53.1 Å². The summed E-state index contributed by atoms with van der Waals surface area (Å²) in [7, 11) is 3.60. The lowest BCUT2D eigenvalue weighted by Gasteiger charge is -2.38. The van der Waals surface area contributed by atoms with E-state index in [0.717, 1.165) is 78.0 Å². The predicted octanol–water partition coefficient (Wildman–Crippen LogP) is 3.69. The van der Waals surface area contributed by atoms with Gasteiger partial charge in [0.25, 0.3) is 0 Å². The number of fused-ring (bicyclic) bond motifs is 1. The van der Waals surface area contributed by atoms with E-state index in [-0.39, 0.29) is 11.9 Å². The highest BCUT2D eigenvalue weighted by molar-refractivity contribution is 5.94. The molecule has 4 aromatic rings. The molecule has 1 atom stereocenters. The molecule has 2 fully saturated rings. The van der Waals surface area contributed by atoms with Gasteiger partial charge in [-0.1, -0.05) is 41.6 Å². The highest BCUT2D eigenvalue weighted by Gasteiger charge is 2.30. The maximum absolute atomic E-state index is 12.3. The Bertz CT molecular complexity index is 1510. The second-order valence-corrected chi connectivity index (χ2v) is 11.0. The summed E-state index contributed by atoms with van der Waals surface area (Å²) >= 11 is 0. The van der Waals surface area contributed by atoms with Gasteiger partial charge >= 0.3 is 0 Å². The van der Waals surface area contributed by atoms with E-state index in [1.807, 2.05) is 19.9 Å². The fraction of sp³-hybridized carbons (Fsp3) is 0.419. The molecule has 2 aliphatic rings. The fourth-order valence-electron chi connectivity index (χ4n) is 5.76. The molecular formula is C31H37N7O3. The number of hydrogen-bond acceptors (Lipinski definition) is 9. The van der Waals surface area contributed by atoms with Crippen LogP contribution in [0.2, 0.25) is 0 Å². The first-order valence-corrected chi connectivity index (χ1v) is 14.2. The average molecular weight is 556 g/mol. The Morgan fingerprint density at radius 2 is 1.78 bits per heavy atom. The minimum Gasteiger partial charge on any atom is -0.377 e. The normalized spacial score (nSPS) is 18.2. The molecule has 0 N–H and O–H groups in total. The van der Waals surface area contributed by atoms with E-state index in [1.54, 1.807) is 19.0 Å². The SMILES string of the molecule is Cc1noc(C)c1-c1ccc2nc(N3CCN(CC(=O)N(C)C)CC3)nc(N3CCOC[C@@H]3c3ccccc3)c2c1. The van der Waals surface area contributed by atoms with Crippen LogP contribution in [-0.2, 0) is 9.53 Å². The van der Waals surface area contributed by atoms with Crippen molar-refractivity contribution in [2.45, 2.75) is 19.9 Å². The van der Waals surface area contributed by atoms with Crippen LogP contribution in [0.25, 0.3) is 22.0 Å². The van der Waals surface area contributed by atoms with Gasteiger partial charge in [-0.15, -0.1) is 0 Å². The van der Waals surface area contributed by atoms with Crippen LogP contribution >= 0.6 is 0 Å². The van der Waals surface area contributed by atoms with E-state index in [2.05, 4.69) is 62.3 Å². The summed E-state index contributed by atoms with van der Waals surface area (Å²) in [4.78, 5) is 31.0. The lowest BCUT2D eigenvalue weighted by Crippen LogP contribution is -2.50. The number of ether oxygens (including phenoxy) is 1. The van der Waals surface area contributed by atoms with E-state index in [1.165, 1.54) is 5.56 Å². The van der Waals surface area contributed by atoms with Gasteiger partial charge in [0, 0.05) is 57.8 Å². The standard InChI is InChI=1S/C31H37N7O3/c1-21-29(22(2)41-34-21)24-10-11-26-25(18-24)30(38-16-17-40-20-27(38)23-8-6-5-7-9-23)33-31(32-26)37-14-12-36(13-15-37)19-28(39)35(3)4/h5-11,18,27H,12-17,19-20H2,1-4H3/t27-/m1/s1. The molecule has 0 unspecified atom stereocenters. The maximum Gasteiger partial charge on any atom is 0.236 e. The number of aryl methyl sites for hydroxylation is 2. The lowest BCUT2D eigenvalue weighted by atomic mass is 10.0. The third-order valence-electron chi connectivity index (χ3n) is 8.08. The van der Waals surface area contributed by atoms with Crippen molar-refractivity contribution >= 4 is 28.6 Å². The highest BCUT2D eigenvalue weighted by atomic mass is 16.5.